The minimum absolute atomic E-state index is 0.0508. The van der Waals surface area contributed by atoms with Gasteiger partial charge >= 0.3 is 0 Å². The molecule has 15 heavy (non-hydrogen) atoms. The lowest BCUT2D eigenvalue weighted by molar-refractivity contribution is 0.296. The highest BCUT2D eigenvalue weighted by atomic mass is 15.4. The Morgan fingerprint density at radius 2 is 1.93 bits per heavy atom. The summed E-state index contributed by atoms with van der Waals surface area (Å²) in [6.45, 7) is 6.46. The number of hydrogen-bond acceptors (Lipinski definition) is 3. The van der Waals surface area contributed by atoms with E-state index >= 15 is 0 Å². The van der Waals surface area contributed by atoms with Crippen LogP contribution in [0.25, 0.3) is 0 Å². The van der Waals surface area contributed by atoms with E-state index in [1.807, 2.05) is 19.0 Å². The zero-order chi connectivity index (χ0) is 11.6. The van der Waals surface area contributed by atoms with Crippen molar-refractivity contribution in [1.29, 1.82) is 0 Å². The fourth-order valence-electron chi connectivity index (χ4n) is 1.22. The molecule has 0 saturated heterocycles. The summed E-state index contributed by atoms with van der Waals surface area (Å²) in [5.74, 6) is 1.61. The molecule has 2 N–H and O–H groups in total. The van der Waals surface area contributed by atoms with E-state index in [9.17, 15) is 0 Å². The van der Waals surface area contributed by atoms with Crippen LogP contribution in [0, 0.1) is 5.41 Å². The maximum atomic E-state index is 4.59. The van der Waals surface area contributed by atoms with E-state index in [0.717, 1.165) is 11.9 Å². The fraction of sp³-hybridized carbons (Fsp3) is 0.800. The average Bonchev–Trinajstić information content (AvgIpc) is 2.15. The first-order chi connectivity index (χ1) is 6.84. The summed E-state index contributed by atoms with van der Waals surface area (Å²) >= 11 is 0. The second-order valence-corrected chi connectivity index (χ2v) is 4.96. The van der Waals surface area contributed by atoms with Crippen LogP contribution >= 0.6 is 0 Å². The zero-order valence-electron chi connectivity index (χ0n) is 10.4. The molecule has 86 valence electrons. The normalized spacial score (nSPS) is 24.3. The Kier molecular flexibility index (Phi) is 3.21. The smallest absolute Gasteiger partial charge is 0.202 e. The van der Waals surface area contributed by atoms with Crippen molar-refractivity contribution in [2.24, 2.45) is 15.4 Å². The van der Waals surface area contributed by atoms with Gasteiger partial charge in [0, 0.05) is 26.6 Å². The number of nitrogens with one attached hydrogen (secondary N) is 2. The van der Waals surface area contributed by atoms with E-state index in [1.54, 1.807) is 7.05 Å². The highest BCUT2D eigenvalue weighted by Gasteiger charge is 2.29. The Balaban J connectivity index is 2.95. The summed E-state index contributed by atoms with van der Waals surface area (Å²) in [6.07, 6.45) is 0.0508. The summed E-state index contributed by atoms with van der Waals surface area (Å²) in [6, 6.07) is 0. The summed E-state index contributed by atoms with van der Waals surface area (Å²) in [4.78, 5) is 10.7. The molecule has 0 aromatic carbocycles. The van der Waals surface area contributed by atoms with Crippen molar-refractivity contribution in [3.8, 4) is 0 Å². The van der Waals surface area contributed by atoms with Crippen LogP contribution in [0.15, 0.2) is 9.98 Å². The molecule has 0 bridgehead atoms. The second-order valence-electron chi connectivity index (χ2n) is 4.96. The lowest BCUT2D eigenvalue weighted by Crippen LogP contribution is -2.57. The van der Waals surface area contributed by atoms with Gasteiger partial charge < -0.3 is 10.2 Å². The SMILES string of the molecule is CN=C1NC(N(C)C)=NC(C(C)(C)C)N1. The molecule has 5 heteroatoms. The Bertz CT molecular complexity index is 285. The van der Waals surface area contributed by atoms with E-state index < -0.39 is 0 Å². The number of hydrogen-bond donors (Lipinski definition) is 2. The maximum Gasteiger partial charge on any atom is 0.202 e. The van der Waals surface area contributed by atoms with Gasteiger partial charge in [-0.25, -0.2) is 4.99 Å². The van der Waals surface area contributed by atoms with Crippen molar-refractivity contribution in [2.75, 3.05) is 21.1 Å². The van der Waals surface area contributed by atoms with Crippen LogP contribution in [0.4, 0.5) is 0 Å². The predicted octanol–water partition coefficient (Wildman–Crippen LogP) is 0.455. The Morgan fingerprint density at radius 1 is 1.33 bits per heavy atom. The first-order valence-electron chi connectivity index (χ1n) is 5.10. The highest BCUT2D eigenvalue weighted by Crippen LogP contribution is 2.21. The first-order valence-corrected chi connectivity index (χ1v) is 5.10. The van der Waals surface area contributed by atoms with E-state index in [-0.39, 0.29) is 11.6 Å². The van der Waals surface area contributed by atoms with Gasteiger partial charge in [0.05, 0.1) is 0 Å². The summed E-state index contributed by atoms with van der Waals surface area (Å²) in [5.41, 5.74) is 0.0688. The third kappa shape index (κ3) is 2.84. The molecule has 0 aromatic rings. The highest BCUT2D eigenvalue weighted by molar-refractivity contribution is 6.00. The first kappa shape index (κ1) is 11.8. The fourth-order valence-corrected chi connectivity index (χ4v) is 1.22. The maximum absolute atomic E-state index is 4.59. The van der Waals surface area contributed by atoms with Gasteiger partial charge in [0.2, 0.25) is 5.96 Å². The monoisotopic (exact) mass is 211 g/mol. The average molecular weight is 211 g/mol. The van der Waals surface area contributed by atoms with Crippen molar-refractivity contribution in [1.82, 2.24) is 15.5 Å². The Labute approximate surface area is 91.7 Å². The van der Waals surface area contributed by atoms with E-state index in [0.29, 0.717) is 0 Å². The van der Waals surface area contributed by atoms with Crippen molar-refractivity contribution < 1.29 is 0 Å². The van der Waals surface area contributed by atoms with Crippen LogP contribution < -0.4 is 10.6 Å². The summed E-state index contributed by atoms with van der Waals surface area (Å²) in [7, 11) is 5.68. The van der Waals surface area contributed by atoms with Crippen LogP contribution in [0.5, 0.6) is 0 Å². The molecular weight excluding hydrogens is 190 g/mol. The molecule has 1 heterocycles. The van der Waals surface area contributed by atoms with Crippen LogP contribution in [0.2, 0.25) is 0 Å². The molecule has 0 fully saturated rings. The third-order valence-electron chi connectivity index (χ3n) is 2.22. The molecule has 0 aromatic heterocycles. The van der Waals surface area contributed by atoms with Crippen LogP contribution in [0.1, 0.15) is 20.8 Å². The quantitative estimate of drug-likeness (QED) is 0.612. The molecule has 0 aliphatic carbocycles. The van der Waals surface area contributed by atoms with Gasteiger partial charge in [-0.1, -0.05) is 20.8 Å². The second kappa shape index (κ2) is 4.08. The predicted molar refractivity (Wildman–Crippen MR) is 64.0 cm³/mol. The molecule has 0 amide bonds. The van der Waals surface area contributed by atoms with Crippen molar-refractivity contribution in [3.63, 3.8) is 0 Å². The number of aliphatic imine (C=N–C) groups is 2. The van der Waals surface area contributed by atoms with Crippen LogP contribution in [0.3, 0.4) is 0 Å². The Hall–Kier alpha value is -1.26. The molecule has 5 nitrogen and oxygen atoms in total. The molecule has 1 aliphatic rings. The Morgan fingerprint density at radius 3 is 2.33 bits per heavy atom. The number of rotatable bonds is 0. The summed E-state index contributed by atoms with van der Waals surface area (Å²) in [5, 5.41) is 6.37. The largest absolute Gasteiger partial charge is 0.349 e. The molecule has 1 rings (SSSR count). The van der Waals surface area contributed by atoms with Gasteiger partial charge in [-0.3, -0.25) is 10.3 Å². The third-order valence-corrected chi connectivity index (χ3v) is 2.22. The molecule has 1 aliphatic heterocycles. The minimum atomic E-state index is 0.0508. The molecular formula is C10H21N5. The van der Waals surface area contributed by atoms with Gasteiger partial charge in [-0.05, 0) is 0 Å². The van der Waals surface area contributed by atoms with Gasteiger partial charge in [-0.2, -0.15) is 0 Å². The standard InChI is InChI=1S/C10H21N5/c1-10(2,3)7-12-8(11-4)14-9(13-7)15(5)6/h7H,1-6H3,(H2,11,12,13,14). The molecule has 0 spiro atoms. The van der Waals surface area contributed by atoms with E-state index in [1.165, 1.54) is 0 Å². The van der Waals surface area contributed by atoms with Gasteiger partial charge in [0.1, 0.15) is 6.17 Å². The van der Waals surface area contributed by atoms with Gasteiger partial charge in [-0.15, -0.1) is 0 Å². The minimum Gasteiger partial charge on any atom is -0.349 e. The summed E-state index contributed by atoms with van der Waals surface area (Å²) < 4.78 is 0. The van der Waals surface area contributed by atoms with Gasteiger partial charge in [0.15, 0.2) is 5.96 Å². The van der Waals surface area contributed by atoms with Gasteiger partial charge in [0.25, 0.3) is 0 Å². The number of guanidine groups is 2. The van der Waals surface area contributed by atoms with Crippen molar-refractivity contribution in [3.05, 3.63) is 0 Å². The van der Waals surface area contributed by atoms with E-state index in [2.05, 4.69) is 41.4 Å². The lowest BCUT2D eigenvalue weighted by atomic mass is 9.92. The zero-order valence-corrected chi connectivity index (χ0v) is 10.4. The van der Waals surface area contributed by atoms with Crippen molar-refractivity contribution >= 4 is 11.9 Å². The topological polar surface area (TPSA) is 52.0 Å². The molecule has 1 atom stereocenters. The lowest BCUT2D eigenvalue weighted by Gasteiger charge is -2.35. The van der Waals surface area contributed by atoms with Crippen LogP contribution in [-0.2, 0) is 0 Å². The van der Waals surface area contributed by atoms with E-state index in [4.69, 9.17) is 0 Å². The van der Waals surface area contributed by atoms with Crippen molar-refractivity contribution in [2.45, 2.75) is 26.9 Å². The number of nitrogens with zero attached hydrogens (tertiary/aromatic N) is 3. The van der Waals surface area contributed by atoms with Crippen LogP contribution in [-0.4, -0.2) is 44.1 Å². The molecule has 0 saturated carbocycles. The molecule has 1 unspecified atom stereocenters. The molecule has 0 radical (unpaired) electrons.